The molecule has 60 heavy (non-hydrogen) atoms. The maximum Gasteiger partial charge on any atom is 0.472 e. The van der Waals surface area contributed by atoms with Gasteiger partial charge in [0.25, 0.3) is 0 Å². The van der Waals surface area contributed by atoms with E-state index in [0.29, 0.717) is 12.8 Å². The summed E-state index contributed by atoms with van der Waals surface area (Å²) in [6.07, 6.45) is 38.4. The molecule has 0 spiro atoms. The highest BCUT2D eigenvalue weighted by molar-refractivity contribution is 7.47. The van der Waals surface area contributed by atoms with Gasteiger partial charge in [-0.1, -0.05) is 137 Å². The Balaban J connectivity index is 4.03. The number of phosphoric acid groups is 2. The van der Waals surface area contributed by atoms with Gasteiger partial charge in [-0.15, -0.1) is 0 Å². The van der Waals surface area contributed by atoms with E-state index in [9.17, 15) is 43.8 Å². The van der Waals surface area contributed by atoms with Gasteiger partial charge in [0.2, 0.25) is 0 Å². The van der Waals surface area contributed by atoms with Crippen molar-refractivity contribution in [3.8, 4) is 0 Å². The third kappa shape index (κ3) is 40.4. The molecule has 15 nitrogen and oxygen atoms in total. The minimum absolute atomic E-state index is 0.142. The molecule has 0 bridgehead atoms. The molecule has 0 fully saturated rings. The number of aliphatic hydroxyl groups is 3. The van der Waals surface area contributed by atoms with Crippen molar-refractivity contribution >= 4 is 27.6 Å². The van der Waals surface area contributed by atoms with E-state index in [4.69, 9.17) is 9.47 Å². The third-order valence-electron chi connectivity index (χ3n) is 7.72. The second kappa shape index (κ2) is 38.9. The number of hydrogen-bond acceptors (Lipinski definition) is 13. The van der Waals surface area contributed by atoms with Crippen molar-refractivity contribution in [2.24, 2.45) is 0 Å². The van der Waals surface area contributed by atoms with Crippen molar-refractivity contribution in [3.63, 3.8) is 0 Å². The van der Waals surface area contributed by atoms with Crippen molar-refractivity contribution in [2.45, 2.75) is 122 Å². The van der Waals surface area contributed by atoms with Gasteiger partial charge in [-0.2, -0.15) is 0 Å². The first-order valence-electron chi connectivity index (χ1n) is 20.7. The zero-order valence-corrected chi connectivity index (χ0v) is 37.1. The van der Waals surface area contributed by atoms with Crippen LogP contribution in [0.1, 0.15) is 104 Å². The highest BCUT2D eigenvalue weighted by Gasteiger charge is 2.28. The summed E-state index contributed by atoms with van der Waals surface area (Å²) in [5.41, 5.74) is 0. The van der Waals surface area contributed by atoms with Crippen molar-refractivity contribution in [1.82, 2.24) is 0 Å². The smallest absolute Gasteiger partial charge is 0.463 e. The monoisotopic (exact) mass is 888 g/mol. The lowest BCUT2D eigenvalue weighted by atomic mass is 10.1. The third-order valence-corrected chi connectivity index (χ3v) is 9.63. The van der Waals surface area contributed by atoms with E-state index in [1.807, 2.05) is 79.0 Å². The standard InChI is InChI=1S/C43H70O15P2/c1-3-5-7-9-11-13-15-17-18-20-22-24-26-28-30-32-43(48)54-34-40(45)36-56-60(51,52)58-38-41(46)37-57-59(49,50)55-35-39(44)33-53-42(47)31-29-27-25-23-21-19-16-14-12-10-8-6-4-2/h5-18,20,22,39-41,44-46H,3-4,19,21,23-38H2,1-2H3,(H,49,50)(H,51,52)/b7-5+,8-6+,11-9+,12-10+,15-13-,16-14-,18-17-,22-20+. The number of esters is 2. The van der Waals surface area contributed by atoms with Gasteiger partial charge in [-0.25, -0.2) is 9.13 Å². The molecule has 0 aliphatic heterocycles. The molecule has 0 aliphatic carbocycles. The lowest BCUT2D eigenvalue weighted by Gasteiger charge is -2.19. The average Bonchev–Trinajstić information content (AvgIpc) is 3.22. The molecule has 0 radical (unpaired) electrons. The second-order valence-corrected chi connectivity index (χ2v) is 16.3. The number of ether oxygens (including phenoxy) is 2. The Bertz CT molecular complexity index is 1450. The Labute approximate surface area is 357 Å². The SMILES string of the molecule is CC/C=C/C=C/C=C\C=C/C=C/CCCCCC(=O)OCC(O)COP(=O)(O)OCC(O)COP(=O)(O)OCC(O)COC(=O)CCCCCCC\C=C/C=C/C=C/CC. The maximum atomic E-state index is 12.1. The molecule has 0 heterocycles. The summed E-state index contributed by atoms with van der Waals surface area (Å²) in [5.74, 6) is -1.07. The maximum absolute atomic E-state index is 12.1. The summed E-state index contributed by atoms with van der Waals surface area (Å²) in [5, 5.41) is 29.9. The first-order valence-corrected chi connectivity index (χ1v) is 23.7. The molecule has 0 aliphatic rings. The molecule has 0 aromatic rings. The second-order valence-electron chi connectivity index (χ2n) is 13.4. The molecule has 5 atom stereocenters. The summed E-state index contributed by atoms with van der Waals surface area (Å²) >= 11 is 0. The lowest BCUT2D eigenvalue weighted by Crippen LogP contribution is -2.25. The number of aliphatic hydroxyl groups excluding tert-OH is 3. The Kier molecular flexibility index (Phi) is 36.9. The van der Waals surface area contributed by atoms with E-state index in [-0.39, 0.29) is 12.8 Å². The Morgan fingerprint density at radius 3 is 1.08 bits per heavy atom. The van der Waals surface area contributed by atoms with Crippen LogP contribution in [0.25, 0.3) is 0 Å². The van der Waals surface area contributed by atoms with E-state index in [0.717, 1.165) is 64.2 Å². The molecule has 342 valence electrons. The number of carbonyl (C=O) groups is 2. The fourth-order valence-electron chi connectivity index (χ4n) is 4.52. The van der Waals surface area contributed by atoms with Crippen LogP contribution in [0.2, 0.25) is 0 Å². The van der Waals surface area contributed by atoms with Gasteiger partial charge in [-0.05, 0) is 51.4 Å². The minimum Gasteiger partial charge on any atom is -0.463 e. The molecular weight excluding hydrogens is 818 g/mol. The Hall–Kier alpha value is -3.04. The molecule has 0 saturated carbocycles. The number of carbonyl (C=O) groups excluding carboxylic acids is 2. The van der Waals surface area contributed by atoms with Crippen LogP contribution in [0.3, 0.4) is 0 Å². The first-order chi connectivity index (χ1) is 28.8. The van der Waals surface area contributed by atoms with Crippen LogP contribution in [-0.2, 0) is 46.3 Å². The van der Waals surface area contributed by atoms with Crippen molar-refractivity contribution < 1.29 is 71.4 Å². The number of hydrogen-bond donors (Lipinski definition) is 5. The summed E-state index contributed by atoms with van der Waals surface area (Å²) in [6.45, 7) is 0.00401. The predicted octanol–water partition coefficient (Wildman–Crippen LogP) is 8.37. The molecule has 0 rings (SSSR count). The summed E-state index contributed by atoms with van der Waals surface area (Å²) in [4.78, 5) is 43.6. The van der Waals surface area contributed by atoms with Gasteiger partial charge >= 0.3 is 27.6 Å². The van der Waals surface area contributed by atoms with E-state index in [2.05, 4.69) is 50.2 Å². The number of allylic oxidation sites excluding steroid dienone is 16. The minimum atomic E-state index is -4.80. The van der Waals surface area contributed by atoms with Crippen LogP contribution in [-0.4, -0.2) is 95.0 Å². The van der Waals surface area contributed by atoms with E-state index in [1.54, 1.807) is 0 Å². The summed E-state index contributed by atoms with van der Waals surface area (Å²) < 4.78 is 52.7. The van der Waals surface area contributed by atoms with Crippen LogP contribution in [0.4, 0.5) is 0 Å². The van der Waals surface area contributed by atoms with Gasteiger partial charge in [-0.3, -0.25) is 27.7 Å². The molecule has 17 heteroatoms. The van der Waals surface area contributed by atoms with Crippen molar-refractivity contribution in [2.75, 3.05) is 39.6 Å². The number of unbranched alkanes of at least 4 members (excludes halogenated alkanes) is 8. The number of phosphoric ester groups is 2. The Morgan fingerprint density at radius 1 is 0.433 bits per heavy atom. The van der Waals surface area contributed by atoms with Gasteiger partial charge in [0.15, 0.2) is 0 Å². The van der Waals surface area contributed by atoms with Crippen LogP contribution >= 0.6 is 15.6 Å². The first kappa shape index (κ1) is 57.0. The van der Waals surface area contributed by atoms with Crippen molar-refractivity contribution in [1.29, 1.82) is 0 Å². The average molecular weight is 889 g/mol. The van der Waals surface area contributed by atoms with Gasteiger partial charge in [0, 0.05) is 12.8 Å². The van der Waals surface area contributed by atoms with Crippen LogP contribution < -0.4 is 0 Å². The molecule has 0 saturated heterocycles. The number of rotatable bonds is 38. The van der Waals surface area contributed by atoms with Crippen LogP contribution in [0.5, 0.6) is 0 Å². The van der Waals surface area contributed by atoms with E-state index < -0.39 is 85.5 Å². The topological polar surface area (TPSA) is 225 Å². The van der Waals surface area contributed by atoms with Crippen LogP contribution in [0.15, 0.2) is 97.2 Å². The zero-order valence-electron chi connectivity index (χ0n) is 35.3. The Morgan fingerprint density at radius 2 is 0.717 bits per heavy atom. The van der Waals surface area contributed by atoms with Crippen LogP contribution in [0, 0.1) is 0 Å². The van der Waals surface area contributed by atoms with Gasteiger partial charge < -0.3 is 34.6 Å². The zero-order chi connectivity index (χ0) is 44.6. The quantitative estimate of drug-likeness (QED) is 0.0170. The van der Waals surface area contributed by atoms with Crippen molar-refractivity contribution in [3.05, 3.63) is 97.2 Å². The lowest BCUT2D eigenvalue weighted by molar-refractivity contribution is -0.148. The van der Waals surface area contributed by atoms with E-state index in [1.165, 1.54) is 0 Å². The largest absolute Gasteiger partial charge is 0.472 e. The normalized spacial score (nSPS) is 16.3. The molecule has 5 N–H and O–H groups in total. The molecular formula is C43H70O15P2. The predicted molar refractivity (Wildman–Crippen MR) is 233 cm³/mol. The van der Waals surface area contributed by atoms with Gasteiger partial charge in [0.05, 0.1) is 26.4 Å². The highest BCUT2D eigenvalue weighted by Crippen LogP contribution is 2.45. The fourth-order valence-corrected chi connectivity index (χ4v) is 6.12. The highest BCUT2D eigenvalue weighted by atomic mass is 31.2. The fraction of sp³-hybridized carbons (Fsp3) is 0.581. The summed E-state index contributed by atoms with van der Waals surface area (Å²) in [7, 11) is -9.59. The molecule has 5 unspecified atom stereocenters. The molecule has 0 aromatic heterocycles. The van der Waals surface area contributed by atoms with Gasteiger partial charge in [0.1, 0.15) is 31.5 Å². The molecule has 0 aromatic carbocycles. The van der Waals surface area contributed by atoms with E-state index >= 15 is 0 Å². The molecule has 0 amide bonds. The summed E-state index contributed by atoms with van der Waals surface area (Å²) in [6, 6.07) is 0.